The number of nitrogens with two attached hydrogens (primary N) is 1. The largest absolute Gasteiger partial charge is 0.493 e. The molecule has 28 heavy (non-hydrogen) atoms. The first-order valence-corrected chi connectivity index (χ1v) is 11.2. The number of benzene rings is 1. The van der Waals surface area contributed by atoms with Gasteiger partial charge in [-0.15, -0.1) is 0 Å². The van der Waals surface area contributed by atoms with E-state index in [1.807, 2.05) is 6.07 Å². The molecular formula is C24H41NO3. The summed E-state index contributed by atoms with van der Waals surface area (Å²) >= 11 is 0. The topological polar surface area (TPSA) is 64.7 Å². The molecule has 0 unspecified atom stereocenters. The number of hydrogen-bond acceptors (Lipinski definition) is 4. The third-order valence-corrected chi connectivity index (χ3v) is 6.06. The van der Waals surface area contributed by atoms with Gasteiger partial charge in [0.1, 0.15) is 0 Å². The van der Waals surface area contributed by atoms with Crippen molar-refractivity contribution in [1.82, 2.24) is 0 Å². The number of methoxy groups -OCH3 is 1. The van der Waals surface area contributed by atoms with Gasteiger partial charge in [-0.1, -0.05) is 58.4 Å². The Morgan fingerprint density at radius 1 is 1.18 bits per heavy atom. The second-order valence-electron chi connectivity index (χ2n) is 9.10. The number of ether oxygens (including phenoxy) is 2. The van der Waals surface area contributed by atoms with Gasteiger partial charge in [0.2, 0.25) is 0 Å². The molecule has 0 heterocycles. The average Bonchev–Trinajstić information content (AvgIpc) is 2.66. The summed E-state index contributed by atoms with van der Waals surface area (Å²) in [5, 5.41) is 9.80. The lowest BCUT2D eigenvalue weighted by molar-refractivity contribution is 0.135. The Balaban J connectivity index is 1.80. The van der Waals surface area contributed by atoms with E-state index in [1.54, 1.807) is 7.11 Å². The Morgan fingerprint density at radius 3 is 2.57 bits per heavy atom. The van der Waals surface area contributed by atoms with Crippen molar-refractivity contribution in [1.29, 1.82) is 0 Å². The van der Waals surface area contributed by atoms with Crippen molar-refractivity contribution in [3.05, 3.63) is 23.8 Å². The minimum atomic E-state index is -0.469. The molecule has 0 saturated heterocycles. The predicted octanol–water partition coefficient (Wildman–Crippen LogP) is 5.10. The molecule has 2 rings (SSSR count). The van der Waals surface area contributed by atoms with Crippen LogP contribution in [-0.2, 0) is 6.42 Å². The summed E-state index contributed by atoms with van der Waals surface area (Å²) in [5.41, 5.74) is 7.18. The summed E-state index contributed by atoms with van der Waals surface area (Å²) in [6.07, 6.45) is 11.2. The average molecular weight is 392 g/mol. The van der Waals surface area contributed by atoms with Crippen molar-refractivity contribution in [2.45, 2.75) is 83.6 Å². The van der Waals surface area contributed by atoms with Gasteiger partial charge in [0.15, 0.2) is 11.5 Å². The highest BCUT2D eigenvalue weighted by Crippen LogP contribution is 2.35. The maximum atomic E-state index is 9.80. The normalized spacial score (nSPS) is 16.6. The molecule has 0 spiro atoms. The van der Waals surface area contributed by atoms with Gasteiger partial charge < -0.3 is 20.3 Å². The highest BCUT2D eigenvalue weighted by molar-refractivity contribution is 5.43. The fourth-order valence-corrected chi connectivity index (χ4v) is 3.91. The predicted molar refractivity (Wildman–Crippen MR) is 116 cm³/mol. The van der Waals surface area contributed by atoms with E-state index in [0.29, 0.717) is 5.92 Å². The minimum absolute atomic E-state index is 0.0542. The van der Waals surface area contributed by atoms with Gasteiger partial charge in [0.25, 0.3) is 0 Å². The molecule has 160 valence electrons. The van der Waals surface area contributed by atoms with Crippen LogP contribution in [0.25, 0.3) is 0 Å². The van der Waals surface area contributed by atoms with Gasteiger partial charge in [0, 0.05) is 5.54 Å². The summed E-state index contributed by atoms with van der Waals surface area (Å²) in [6.45, 7) is 5.32. The first-order valence-electron chi connectivity index (χ1n) is 11.2. The molecule has 0 amide bonds. The van der Waals surface area contributed by atoms with E-state index >= 15 is 0 Å². The number of aliphatic hydroxyl groups is 1. The van der Waals surface area contributed by atoms with E-state index in [4.69, 9.17) is 15.2 Å². The Labute approximate surface area is 171 Å². The molecule has 1 aliphatic carbocycles. The van der Waals surface area contributed by atoms with E-state index in [-0.39, 0.29) is 6.61 Å². The van der Waals surface area contributed by atoms with Gasteiger partial charge in [-0.2, -0.15) is 0 Å². The van der Waals surface area contributed by atoms with Crippen LogP contribution >= 0.6 is 0 Å². The van der Waals surface area contributed by atoms with Crippen LogP contribution in [0.15, 0.2) is 18.2 Å². The third-order valence-electron chi connectivity index (χ3n) is 6.06. The first kappa shape index (κ1) is 23.0. The third kappa shape index (κ3) is 7.63. The molecule has 1 atom stereocenters. The smallest absolute Gasteiger partial charge is 0.161 e. The molecule has 0 bridgehead atoms. The number of aryl methyl sites for hydroxylation is 1. The summed E-state index contributed by atoms with van der Waals surface area (Å²) in [7, 11) is 1.69. The van der Waals surface area contributed by atoms with Crippen molar-refractivity contribution < 1.29 is 14.6 Å². The number of hydrogen-bond donors (Lipinski definition) is 2. The lowest BCUT2D eigenvalue weighted by atomic mass is 9.75. The Morgan fingerprint density at radius 2 is 1.96 bits per heavy atom. The van der Waals surface area contributed by atoms with E-state index in [1.165, 1.54) is 44.1 Å². The lowest BCUT2D eigenvalue weighted by Gasteiger charge is -2.35. The summed E-state index contributed by atoms with van der Waals surface area (Å²) < 4.78 is 11.5. The van der Waals surface area contributed by atoms with Crippen LogP contribution in [0.5, 0.6) is 11.5 Å². The van der Waals surface area contributed by atoms with Crippen molar-refractivity contribution >= 4 is 0 Å². The zero-order chi connectivity index (χ0) is 20.4. The molecule has 1 aromatic carbocycles. The molecule has 3 N–H and O–H groups in total. The zero-order valence-corrected chi connectivity index (χ0v) is 18.2. The van der Waals surface area contributed by atoms with Crippen molar-refractivity contribution in [2.75, 3.05) is 20.3 Å². The lowest BCUT2D eigenvalue weighted by Crippen LogP contribution is -2.46. The molecular weight excluding hydrogens is 350 g/mol. The molecule has 4 heteroatoms. The van der Waals surface area contributed by atoms with Crippen molar-refractivity contribution in [3.8, 4) is 11.5 Å². The fraction of sp³-hybridized carbons (Fsp3) is 0.750. The fourth-order valence-electron chi connectivity index (χ4n) is 3.91. The molecule has 1 aromatic rings. The molecule has 0 aromatic heterocycles. The SMILES string of the molecule is COc1cc(CC[C@@](N)(CO)CC2CCC2)ccc1OCCCCCC(C)C. The van der Waals surface area contributed by atoms with Crippen LogP contribution in [0, 0.1) is 11.8 Å². The Hall–Kier alpha value is -1.26. The van der Waals surface area contributed by atoms with E-state index in [0.717, 1.165) is 49.7 Å². The van der Waals surface area contributed by atoms with Crippen LogP contribution in [0.4, 0.5) is 0 Å². The first-order chi connectivity index (χ1) is 13.5. The van der Waals surface area contributed by atoms with Gasteiger partial charge in [-0.3, -0.25) is 0 Å². The maximum Gasteiger partial charge on any atom is 0.161 e. The van der Waals surface area contributed by atoms with Crippen LogP contribution in [0.1, 0.15) is 77.2 Å². The number of aliphatic hydroxyl groups excluding tert-OH is 1. The Kier molecular flexibility index (Phi) is 9.60. The highest BCUT2D eigenvalue weighted by Gasteiger charge is 2.30. The van der Waals surface area contributed by atoms with Crippen molar-refractivity contribution in [3.63, 3.8) is 0 Å². The van der Waals surface area contributed by atoms with Gasteiger partial charge in [-0.05, 0) is 55.2 Å². The second kappa shape index (κ2) is 11.7. The molecule has 4 nitrogen and oxygen atoms in total. The maximum absolute atomic E-state index is 9.80. The van der Waals surface area contributed by atoms with Gasteiger partial charge in [0.05, 0.1) is 20.3 Å². The zero-order valence-electron chi connectivity index (χ0n) is 18.2. The monoisotopic (exact) mass is 391 g/mol. The standard InChI is InChI=1S/C24H41NO3/c1-19(2)8-5-4-6-15-28-22-12-11-20(16-23(22)27-3)13-14-24(25,18-26)17-21-9-7-10-21/h11-12,16,19,21,26H,4-10,13-15,17-18,25H2,1-3H3/t24-/m0/s1. The van der Waals surface area contributed by atoms with Crippen LogP contribution in [-0.4, -0.2) is 31.0 Å². The van der Waals surface area contributed by atoms with Crippen LogP contribution < -0.4 is 15.2 Å². The van der Waals surface area contributed by atoms with Crippen LogP contribution in [0.3, 0.4) is 0 Å². The van der Waals surface area contributed by atoms with Crippen molar-refractivity contribution in [2.24, 2.45) is 17.6 Å². The molecule has 0 aliphatic heterocycles. The van der Waals surface area contributed by atoms with Gasteiger partial charge >= 0.3 is 0 Å². The number of unbranched alkanes of at least 4 members (excludes halogenated alkanes) is 2. The molecule has 1 aliphatic rings. The summed E-state index contributed by atoms with van der Waals surface area (Å²) in [5.74, 6) is 3.07. The highest BCUT2D eigenvalue weighted by atomic mass is 16.5. The quantitative estimate of drug-likeness (QED) is 0.433. The summed E-state index contributed by atoms with van der Waals surface area (Å²) in [6, 6.07) is 6.15. The Bertz CT molecular complexity index is 571. The number of rotatable bonds is 14. The van der Waals surface area contributed by atoms with E-state index in [9.17, 15) is 5.11 Å². The second-order valence-corrected chi connectivity index (χ2v) is 9.10. The van der Waals surface area contributed by atoms with Gasteiger partial charge in [-0.25, -0.2) is 0 Å². The van der Waals surface area contributed by atoms with E-state index < -0.39 is 5.54 Å². The molecule has 1 fully saturated rings. The molecule has 0 radical (unpaired) electrons. The molecule has 1 saturated carbocycles. The summed E-state index contributed by atoms with van der Waals surface area (Å²) in [4.78, 5) is 0. The van der Waals surface area contributed by atoms with E-state index in [2.05, 4.69) is 26.0 Å². The van der Waals surface area contributed by atoms with Crippen LogP contribution in [0.2, 0.25) is 0 Å². The minimum Gasteiger partial charge on any atom is -0.493 e.